The van der Waals surface area contributed by atoms with Crippen molar-refractivity contribution in [2.24, 2.45) is 0 Å². The van der Waals surface area contributed by atoms with Gasteiger partial charge < -0.3 is 0 Å². The minimum atomic E-state index is -0.657. The highest BCUT2D eigenvalue weighted by molar-refractivity contribution is 6.76. The molecule has 0 bridgehead atoms. The summed E-state index contributed by atoms with van der Waals surface area (Å²) < 4.78 is 0. The first-order valence-electron chi connectivity index (χ1n) is 3.06. The summed E-state index contributed by atoms with van der Waals surface area (Å²) in [4.78, 5) is 0. The van der Waals surface area contributed by atoms with Crippen LogP contribution in [0.1, 0.15) is 13.3 Å². The van der Waals surface area contributed by atoms with Crippen LogP contribution in [0.15, 0.2) is 0 Å². The normalized spacial score (nSPS) is 10.5. The molecule has 0 aromatic carbocycles. The minimum Gasteiger partial charge on any atom is -0.0695 e. The SMILES string of the molecule is CCC[Si](C)(C)C.[SiH4]. The van der Waals surface area contributed by atoms with Gasteiger partial charge >= 0.3 is 0 Å². The first-order chi connectivity index (χ1) is 3.06. The summed E-state index contributed by atoms with van der Waals surface area (Å²) in [7, 11) is -0.657. The fourth-order valence-corrected chi connectivity index (χ4v) is 2.25. The van der Waals surface area contributed by atoms with Crippen molar-refractivity contribution in [1.82, 2.24) is 0 Å². The van der Waals surface area contributed by atoms with Gasteiger partial charge in [0.1, 0.15) is 0 Å². The third kappa shape index (κ3) is 9.66. The third-order valence-corrected chi connectivity index (χ3v) is 3.00. The van der Waals surface area contributed by atoms with Crippen molar-refractivity contribution in [3.8, 4) is 0 Å². The molecule has 0 radical (unpaired) electrons. The Hall–Kier alpha value is 0.434. The van der Waals surface area contributed by atoms with Crippen LogP contribution in [0.25, 0.3) is 0 Å². The van der Waals surface area contributed by atoms with Crippen molar-refractivity contribution in [1.29, 1.82) is 0 Å². The van der Waals surface area contributed by atoms with E-state index in [9.17, 15) is 0 Å². The van der Waals surface area contributed by atoms with Crippen LogP contribution in [0.4, 0.5) is 0 Å². The van der Waals surface area contributed by atoms with E-state index in [2.05, 4.69) is 26.6 Å². The predicted molar refractivity (Wildman–Crippen MR) is 49.8 cm³/mol. The van der Waals surface area contributed by atoms with Crippen LogP contribution >= 0.6 is 0 Å². The van der Waals surface area contributed by atoms with Gasteiger partial charge in [-0.1, -0.05) is 39.0 Å². The Labute approximate surface area is 58.7 Å². The molecule has 0 saturated heterocycles. The van der Waals surface area contributed by atoms with Gasteiger partial charge in [-0.15, -0.1) is 0 Å². The first-order valence-corrected chi connectivity index (χ1v) is 6.77. The number of rotatable bonds is 2. The molecule has 0 aliphatic rings. The molecule has 0 rings (SSSR count). The van der Waals surface area contributed by atoms with Gasteiger partial charge in [0.05, 0.1) is 0 Å². The lowest BCUT2D eigenvalue weighted by molar-refractivity contribution is 1.05. The molecule has 8 heavy (non-hydrogen) atoms. The Bertz CT molecular complexity index is 45.0. The molecule has 0 unspecified atom stereocenters. The second kappa shape index (κ2) is 4.33. The van der Waals surface area contributed by atoms with Crippen LogP contribution in [-0.2, 0) is 0 Å². The van der Waals surface area contributed by atoms with Crippen LogP contribution in [0.2, 0.25) is 25.7 Å². The summed E-state index contributed by atoms with van der Waals surface area (Å²) in [5, 5.41) is 0. The molecule has 2 heteroatoms. The van der Waals surface area contributed by atoms with Gasteiger partial charge in [0.15, 0.2) is 0 Å². The van der Waals surface area contributed by atoms with E-state index in [0.717, 1.165) is 0 Å². The summed E-state index contributed by atoms with van der Waals surface area (Å²) in [6, 6.07) is 1.48. The molecule has 0 N–H and O–H groups in total. The Kier molecular flexibility index (Phi) is 6.09. The Morgan fingerprint density at radius 3 is 1.50 bits per heavy atom. The monoisotopic (exact) mass is 148 g/mol. The molecule has 0 aliphatic carbocycles. The van der Waals surface area contributed by atoms with Crippen molar-refractivity contribution >= 4 is 19.0 Å². The highest BCUT2D eigenvalue weighted by Gasteiger charge is 2.09. The summed E-state index contributed by atoms with van der Waals surface area (Å²) >= 11 is 0. The molecule has 0 amide bonds. The largest absolute Gasteiger partial charge is 0.0695 e. The van der Waals surface area contributed by atoms with Gasteiger partial charge in [-0.05, 0) is 11.0 Å². The maximum absolute atomic E-state index is 2.41. The fourth-order valence-electron chi connectivity index (χ4n) is 0.750. The molecule has 0 aromatic rings. The van der Waals surface area contributed by atoms with Crippen LogP contribution in [0, 0.1) is 0 Å². The van der Waals surface area contributed by atoms with Gasteiger partial charge in [0.25, 0.3) is 0 Å². The van der Waals surface area contributed by atoms with Crippen molar-refractivity contribution < 1.29 is 0 Å². The predicted octanol–water partition coefficient (Wildman–Crippen LogP) is 1.28. The highest BCUT2D eigenvalue weighted by atomic mass is 28.3. The summed E-state index contributed by atoms with van der Waals surface area (Å²) in [6.45, 7) is 9.50. The molecule has 0 aromatic heterocycles. The Morgan fingerprint density at radius 1 is 1.12 bits per heavy atom. The van der Waals surface area contributed by atoms with Gasteiger partial charge in [-0.2, -0.15) is 0 Å². The Morgan fingerprint density at radius 2 is 1.50 bits per heavy atom. The third-order valence-electron chi connectivity index (χ3n) is 1.000. The van der Waals surface area contributed by atoms with Crippen LogP contribution in [0.5, 0.6) is 0 Å². The van der Waals surface area contributed by atoms with E-state index in [0.29, 0.717) is 0 Å². The summed E-state index contributed by atoms with van der Waals surface area (Å²) in [6.07, 6.45) is 1.37. The quantitative estimate of drug-likeness (QED) is 0.518. The number of hydrogen-bond acceptors (Lipinski definition) is 0. The highest BCUT2D eigenvalue weighted by Crippen LogP contribution is 2.09. The van der Waals surface area contributed by atoms with Crippen LogP contribution < -0.4 is 0 Å². The summed E-state index contributed by atoms with van der Waals surface area (Å²) in [5.41, 5.74) is 0. The molecule has 0 spiro atoms. The van der Waals surface area contributed by atoms with Crippen molar-refractivity contribution in [2.75, 3.05) is 0 Å². The zero-order valence-electron chi connectivity index (χ0n) is 5.91. The van der Waals surface area contributed by atoms with E-state index < -0.39 is 8.07 Å². The molecular formula is C6H20Si2. The lowest BCUT2D eigenvalue weighted by atomic mass is 10.6. The van der Waals surface area contributed by atoms with E-state index in [1.165, 1.54) is 12.5 Å². The van der Waals surface area contributed by atoms with Crippen molar-refractivity contribution in [3.05, 3.63) is 0 Å². The lowest BCUT2D eigenvalue weighted by Gasteiger charge is -2.12. The van der Waals surface area contributed by atoms with E-state index in [1.54, 1.807) is 0 Å². The smallest absolute Gasteiger partial charge is 0.0442 e. The molecule has 0 nitrogen and oxygen atoms in total. The molecule has 52 valence electrons. The van der Waals surface area contributed by atoms with Gasteiger partial charge in [0.2, 0.25) is 0 Å². The second-order valence-corrected chi connectivity index (χ2v) is 8.93. The van der Waals surface area contributed by atoms with E-state index >= 15 is 0 Å². The van der Waals surface area contributed by atoms with Crippen LogP contribution in [-0.4, -0.2) is 19.0 Å². The zero-order chi connectivity index (χ0) is 5.91. The van der Waals surface area contributed by atoms with Gasteiger partial charge in [-0.3, -0.25) is 0 Å². The second-order valence-electron chi connectivity index (χ2n) is 3.31. The fraction of sp³-hybridized carbons (Fsp3) is 1.00. The topological polar surface area (TPSA) is 0 Å². The molecule has 0 atom stereocenters. The molecule has 0 heterocycles. The first kappa shape index (κ1) is 11.3. The molecular weight excluding hydrogens is 128 g/mol. The van der Waals surface area contributed by atoms with Crippen LogP contribution in [0.3, 0.4) is 0 Å². The summed E-state index contributed by atoms with van der Waals surface area (Å²) in [5.74, 6) is 0. The van der Waals surface area contributed by atoms with E-state index in [1.807, 2.05) is 0 Å². The lowest BCUT2D eigenvalue weighted by Crippen LogP contribution is -2.17. The molecule has 0 saturated carbocycles. The maximum Gasteiger partial charge on any atom is 0.0442 e. The van der Waals surface area contributed by atoms with Gasteiger partial charge in [0, 0.05) is 8.07 Å². The van der Waals surface area contributed by atoms with E-state index in [-0.39, 0.29) is 11.0 Å². The average Bonchev–Trinajstić information content (AvgIpc) is 1.30. The van der Waals surface area contributed by atoms with Crippen molar-refractivity contribution in [2.45, 2.75) is 39.0 Å². The van der Waals surface area contributed by atoms with E-state index in [4.69, 9.17) is 0 Å². The van der Waals surface area contributed by atoms with Crippen molar-refractivity contribution in [3.63, 3.8) is 0 Å². The number of hydrogen-bond donors (Lipinski definition) is 0. The average molecular weight is 148 g/mol. The Balaban J connectivity index is 0. The molecule has 0 fully saturated rings. The molecule has 0 aliphatic heterocycles. The standard InChI is InChI=1S/C6H16Si.H4Si/c1-5-6-7(2,3)4;/h5-6H2,1-4H3;1H4. The maximum atomic E-state index is 2.41. The van der Waals surface area contributed by atoms with Gasteiger partial charge in [-0.25, -0.2) is 0 Å². The zero-order valence-corrected chi connectivity index (χ0v) is 6.91. The minimum absolute atomic E-state index is 0.